The number of thioether (sulfide) groups is 2. The Morgan fingerprint density at radius 2 is 1.77 bits per heavy atom. The quantitative estimate of drug-likeness (QED) is 0.514. The van der Waals surface area contributed by atoms with Crippen molar-refractivity contribution in [1.29, 1.82) is 0 Å². The normalized spacial score (nSPS) is 19.4. The summed E-state index contributed by atoms with van der Waals surface area (Å²) in [6, 6.07) is 11.2. The van der Waals surface area contributed by atoms with E-state index in [1.807, 2.05) is 25.1 Å². The second-order valence-corrected chi connectivity index (χ2v) is 9.12. The van der Waals surface area contributed by atoms with Crippen LogP contribution in [0.2, 0.25) is 5.02 Å². The molecule has 2 heterocycles. The van der Waals surface area contributed by atoms with Crippen molar-refractivity contribution >= 4 is 57.6 Å². The van der Waals surface area contributed by atoms with Crippen molar-refractivity contribution < 1.29 is 14.3 Å². The highest BCUT2D eigenvalue weighted by Gasteiger charge is 2.39. The van der Waals surface area contributed by atoms with E-state index >= 15 is 0 Å². The van der Waals surface area contributed by atoms with Crippen LogP contribution in [0.5, 0.6) is 11.5 Å². The second kappa shape index (κ2) is 9.06. The van der Waals surface area contributed by atoms with E-state index in [1.54, 1.807) is 49.1 Å². The van der Waals surface area contributed by atoms with E-state index < -0.39 is 0 Å². The number of rotatable bonds is 5. The Balaban J connectivity index is 1.76. The molecule has 2 aliphatic heterocycles. The van der Waals surface area contributed by atoms with E-state index in [2.05, 4.69) is 11.8 Å². The molecule has 0 saturated carbocycles. The van der Waals surface area contributed by atoms with Gasteiger partial charge in [0.05, 0.1) is 19.9 Å². The highest BCUT2D eigenvalue weighted by molar-refractivity contribution is 8.19. The molecule has 162 valence electrons. The summed E-state index contributed by atoms with van der Waals surface area (Å²) in [5.41, 5.74) is 1.64. The molecule has 0 aromatic heterocycles. The number of fused-ring (bicyclic) bond motifs is 1. The lowest BCUT2D eigenvalue weighted by Crippen LogP contribution is -2.29. The molecule has 0 atom stereocenters. The minimum Gasteiger partial charge on any atom is -0.497 e. The molecular formula is C22H22ClN3O3S2. The number of likely N-dealkylation sites (N-methyl/N-ethyl adjacent to an activating group) is 1. The van der Waals surface area contributed by atoms with E-state index in [4.69, 9.17) is 26.1 Å². The van der Waals surface area contributed by atoms with Crippen LogP contribution in [0.25, 0.3) is 0 Å². The third-order valence-corrected chi connectivity index (χ3v) is 7.57. The summed E-state index contributed by atoms with van der Waals surface area (Å²) in [7, 11) is 3.24. The zero-order chi connectivity index (χ0) is 22.1. The second-order valence-electron chi connectivity index (χ2n) is 6.68. The molecule has 2 aromatic rings. The fourth-order valence-corrected chi connectivity index (χ4v) is 6.02. The maximum absolute atomic E-state index is 13.3. The van der Waals surface area contributed by atoms with Gasteiger partial charge in [0.15, 0.2) is 5.17 Å². The summed E-state index contributed by atoms with van der Waals surface area (Å²) in [4.78, 5) is 23.7. The first-order valence-corrected chi connectivity index (χ1v) is 11.8. The number of aliphatic imine (C=N–C) groups is 1. The molecule has 6 nitrogen and oxygen atoms in total. The van der Waals surface area contributed by atoms with Crippen LogP contribution in [0.15, 0.2) is 56.2 Å². The van der Waals surface area contributed by atoms with Crippen molar-refractivity contribution in [3.63, 3.8) is 0 Å². The molecule has 4 rings (SSSR count). The number of carbonyl (C=O) groups excluding carboxylic acids is 1. The van der Waals surface area contributed by atoms with Gasteiger partial charge in [-0.25, -0.2) is 4.99 Å². The number of carbonyl (C=O) groups is 1. The van der Waals surface area contributed by atoms with E-state index in [0.717, 1.165) is 27.9 Å². The van der Waals surface area contributed by atoms with Crippen molar-refractivity contribution in [3.05, 3.63) is 51.4 Å². The molecule has 0 spiro atoms. The van der Waals surface area contributed by atoms with Gasteiger partial charge in [-0.1, -0.05) is 23.4 Å². The van der Waals surface area contributed by atoms with Crippen LogP contribution in [-0.4, -0.2) is 43.3 Å². The van der Waals surface area contributed by atoms with Gasteiger partial charge in [0, 0.05) is 29.1 Å². The van der Waals surface area contributed by atoms with Crippen LogP contribution in [0.3, 0.4) is 0 Å². The first-order chi connectivity index (χ1) is 15.0. The number of amidine groups is 1. The first kappa shape index (κ1) is 21.9. The summed E-state index contributed by atoms with van der Waals surface area (Å²) >= 11 is 9.15. The maximum atomic E-state index is 13.3. The monoisotopic (exact) mass is 475 g/mol. The van der Waals surface area contributed by atoms with Gasteiger partial charge in [0.2, 0.25) is 0 Å². The number of nitrogens with zero attached hydrogens (tertiary/aromatic N) is 3. The Morgan fingerprint density at radius 1 is 1.00 bits per heavy atom. The number of anilines is 1. The molecule has 1 amide bonds. The molecule has 9 heteroatoms. The average molecular weight is 476 g/mol. The number of hydrogen-bond donors (Lipinski definition) is 0. The summed E-state index contributed by atoms with van der Waals surface area (Å²) in [6.45, 7) is 5.27. The topological polar surface area (TPSA) is 54.4 Å². The molecule has 0 aliphatic carbocycles. The van der Waals surface area contributed by atoms with Gasteiger partial charge < -0.3 is 14.4 Å². The van der Waals surface area contributed by atoms with Gasteiger partial charge in [0.1, 0.15) is 27.1 Å². The van der Waals surface area contributed by atoms with Crippen molar-refractivity contribution in [2.75, 3.05) is 32.2 Å². The number of benzene rings is 2. The lowest BCUT2D eigenvalue weighted by molar-refractivity contribution is -0.122. The molecule has 2 aliphatic rings. The standard InChI is InChI=1S/C22H22ClN3O3S2/c1-5-25-16-12-14(28-3)8-10-18(16)30-21(25)19-20(27)26(6-2)22(31-19)24-15-11-13(23)7-9-17(15)29-4/h7-12H,5-6H2,1-4H3/b21-19-,24-22?. The molecule has 0 N–H and O–H groups in total. The third kappa shape index (κ3) is 4.00. The first-order valence-electron chi connectivity index (χ1n) is 9.80. The zero-order valence-electron chi connectivity index (χ0n) is 17.6. The van der Waals surface area contributed by atoms with E-state index in [-0.39, 0.29) is 5.91 Å². The van der Waals surface area contributed by atoms with Crippen molar-refractivity contribution in [1.82, 2.24) is 4.90 Å². The Hall–Kier alpha value is -2.29. The largest absolute Gasteiger partial charge is 0.497 e. The highest BCUT2D eigenvalue weighted by Crippen LogP contribution is 2.51. The van der Waals surface area contributed by atoms with E-state index in [0.29, 0.717) is 33.1 Å². The van der Waals surface area contributed by atoms with E-state index in [9.17, 15) is 4.79 Å². The maximum Gasteiger partial charge on any atom is 0.269 e. The predicted octanol–water partition coefficient (Wildman–Crippen LogP) is 5.74. The van der Waals surface area contributed by atoms with Gasteiger partial charge in [-0.05, 0) is 55.9 Å². The van der Waals surface area contributed by atoms with Crippen LogP contribution in [0.4, 0.5) is 11.4 Å². The molecule has 1 fully saturated rings. The lowest BCUT2D eigenvalue weighted by Gasteiger charge is -2.19. The van der Waals surface area contributed by atoms with Gasteiger partial charge >= 0.3 is 0 Å². The molecule has 31 heavy (non-hydrogen) atoms. The van der Waals surface area contributed by atoms with Crippen LogP contribution in [-0.2, 0) is 4.79 Å². The summed E-state index contributed by atoms with van der Waals surface area (Å²) in [6.07, 6.45) is 0. The van der Waals surface area contributed by atoms with Crippen LogP contribution in [0, 0.1) is 0 Å². The summed E-state index contributed by atoms with van der Waals surface area (Å²) < 4.78 is 10.8. The Labute approximate surface area is 195 Å². The Bertz CT molecular complexity index is 1100. The highest BCUT2D eigenvalue weighted by atomic mass is 35.5. The molecule has 0 bridgehead atoms. The van der Waals surface area contributed by atoms with Gasteiger partial charge in [0.25, 0.3) is 5.91 Å². The lowest BCUT2D eigenvalue weighted by atomic mass is 10.2. The van der Waals surface area contributed by atoms with Crippen molar-refractivity contribution in [3.8, 4) is 11.5 Å². The number of halogens is 1. The van der Waals surface area contributed by atoms with Crippen LogP contribution >= 0.6 is 35.1 Å². The Morgan fingerprint density at radius 3 is 2.45 bits per heavy atom. The fraction of sp³-hybridized carbons (Fsp3) is 0.273. The fourth-order valence-electron chi connectivity index (χ4n) is 3.42. The predicted molar refractivity (Wildman–Crippen MR) is 129 cm³/mol. The number of methoxy groups -OCH3 is 2. The molecular weight excluding hydrogens is 454 g/mol. The average Bonchev–Trinajstić information content (AvgIpc) is 3.29. The van der Waals surface area contributed by atoms with Gasteiger partial charge in [-0.15, -0.1) is 0 Å². The SMILES string of the molecule is CCN1C(=O)/C(=C2/Sc3ccc(OC)cc3N2CC)SC1=Nc1cc(Cl)ccc1OC. The van der Waals surface area contributed by atoms with Gasteiger partial charge in [-0.3, -0.25) is 9.69 Å². The zero-order valence-corrected chi connectivity index (χ0v) is 20.0. The van der Waals surface area contributed by atoms with Crippen LogP contribution in [0.1, 0.15) is 13.8 Å². The summed E-state index contributed by atoms with van der Waals surface area (Å²) in [5.74, 6) is 1.35. The number of hydrogen-bond acceptors (Lipinski definition) is 7. The molecule has 0 radical (unpaired) electrons. The molecule has 1 saturated heterocycles. The smallest absolute Gasteiger partial charge is 0.269 e. The number of amides is 1. The minimum atomic E-state index is -0.0482. The Kier molecular flexibility index (Phi) is 6.41. The minimum absolute atomic E-state index is 0.0482. The van der Waals surface area contributed by atoms with Crippen LogP contribution < -0.4 is 14.4 Å². The third-order valence-electron chi connectivity index (χ3n) is 4.96. The number of ether oxygens (including phenoxy) is 2. The summed E-state index contributed by atoms with van der Waals surface area (Å²) in [5, 5.41) is 2.09. The van der Waals surface area contributed by atoms with Crippen molar-refractivity contribution in [2.45, 2.75) is 18.7 Å². The van der Waals surface area contributed by atoms with Gasteiger partial charge in [-0.2, -0.15) is 0 Å². The van der Waals surface area contributed by atoms with Crippen molar-refractivity contribution in [2.24, 2.45) is 4.99 Å². The van der Waals surface area contributed by atoms with E-state index in [1.165, 1.54) is 11.8 Å². The molecule has 0 unspecified atom stereocenters. The molecule has 2 aromatic carbocycles.